The van der Waals surface area contributed by atoms with E-state index < -0.39 is 0 Å². The first-order chi connectivity index (χ1) is 19.4. The number of hydrogen-bond acceptors (Lipinski definition) is 2. The SMILES string of the molecule is CN1c2c([c-]cc3c2C(C)(C)CCC3(C)C)-[n+]2[c-]n(C(C)(C)C)c3cccc1c32.[Ir+3].[c-]1ccccc1-c1ccccn1. The van der Waals surface area contributed by atoms with Gasteiger partial charge in [0.1, 0.15) is 0 Å². The van der Waals surface area contributed by atoms with Gasteiger partial charge in [0, 0.05) is 11.9 Å². The molecule has 0 amide bonds. The number of anilines is 2. The fourth-order valence-corrected chi connectivity index (χ4v) is 6.40. The van der Waals surface area contributed by atoms with Gasteiger partial charge in [-0.05, 0) is 63.2 Å². The van der Waals surface area contributed by atoms with Gasteiger partial charge in [0.2, 0.25) is 6.33 Å². The Morgan fingerprint density at radius 1 is 0.881 bits per heavy atom. The molecule has 0 unspecified atom stereocenters. The quantitative estimate of drug-likeness (QED) is 0.128. The summed E-state index contributed by atoms with van der Waals surface area (Å²) in [6, 6.07) is 29.4. The monoisotopic (exact) mass is 733 g/mol. The summed E-state index contributed by atoms with van der Waals surface area (Å²) in [7, 11) is 2.22. The van der Waals surface area contributed by atoms with Crippen molar-refractivity contribution in [1.82, 2.24) is 9.55 Å². The second kappa shape index (κ2) is 10.8. The molecule has 7 rings (SSSR count). The number of para-hydroxylation sites is 1. The summed E-state index contributed by atoms with van der Waals surface area (Å²) < 4.78 is 4.53. The Morgan fingerprint density at radius 3 is 2.29 bits per heavy atom. The fraction of sp³-hybridized carbons (Fsp3) is 0.351. The molecule has 0 saturated carbocycles. The van der Waals surface area contributed by atoms with Crippen LogP contribution in [0.3, 0.4) is 0 Å². The summed E-state index contributed by atoms with van der Waals surface area (Å²) in [5.41, 5.74) is 11.3. The van der Waals surface area contributed by atoms with Gasteiger partial charge in [-0.25, -0.2) is 0 Å². The van der Waals surface area contributed by atoms with E-state index >= 15 is 0 Å². The van der Waals surface area contributed by atoms with Gasteiger partial charge in [-0.2, -0.15) is 12.1 Å². The fourth-order valence-electron chi connectivity index (χ4n) is 6.40. The molecular weight excluding hydrogens is 693 g/mol. The van der Waals surface area contributed by atoms with Crippen molar-refractivity contribution in [2.45, 2.75) is 77.7 Å². The van der Waals surface area contributed by atoms with Crippen LogP contribution in [0, 0.1) is 18.5 Å². The Kier molecular flexibility index (Phi) is 7.75. The van der Waals surface area contributed by atoms with Gasteiger partial charge in [-0.1, -0.05) is 69.5 Å². The van der Waals surface area contributed by atoms with E-state index in [1.165, 1.54) is 46.4 Å². The number of pyridine rings is 1. The minimum Gasteiger partial charge on any atom is -0.407 e. The maximum Gasteiger partial charge on any atom is 3.00 e. The molecule has 2 aliphatic rings. The molecule has 5 aromatic rings. The molecule has 1 aliphatic carbocycles. The van der Waals surface area contributed by atoms with E-state index in [-0.39, 0.29) is 36.5 Å². The molecule has 216 valence electrons. The van der Waals surface area contributed by atoms with Crippen LogP contribution >= 0.6 is 0 Å². The summed E-state index contributed by atoms with van der Waals surface area (Å²) in [6.45, 7) is 16.3. The minimum atomic E-state index is -0.0410. The van der Waals surface area contributed by atoms with Crippen molar-refractivity contribution >= 4 is 22.4 Å². The van der Waals surface area contributed by atoms with Crippen LogP contribution < -0.4 is 9.47 Å². The molecule has 4 nitrogen and oxygen atoms in total. The Balaban J connectivity index is 0.000000228. The number of nitrogens with zero attached hydrogens (tertiary/aromatic N) is 4. The van der Waals surface area contributed by atoms with Crippen LogP contribution in [-0.2, 0) is 36.5 Å². The molecule has 42 heavy (non-hydrogen) atoms. The molecule has 0 saturated heterocycles. The summed E-state index contributed by atoms with van der Waals surface area (Å²) in [6.07, 6.45) is 7.88. The van der Waals surface area contributed by atoms with E-state index in [1.54, 1.807) is 6.20 Å². The molecule has 0 fully saturated rings. The van der Waals surface area contributed by atoms with Crippen molar-refractivity contribution in [3.05, 3.63) is 103 Å². The van der Waals surface area contributed by atoms with Gasteiger partial charge in [-0.3, -0.25) is 0 Å². The van der Waals surface area contributed by atoms with Gasteiger partial charge in [0.05, 0.1) is 16.6 Å². The number of hydrogen-bond donors (Lipinski definition) is 0. The van der Waals surface area contributed by atoms with Crippen molar-refractivity contribution in [3.63, 3.8) is 0 Å². The van der Waals surface area contributed by atoms with Crippen LogP contribution in [0.4, 0.5) is 11.4 Å². The van der Waals surface area contributed by atoms with Crippen molar-refractivity contribution in [3.8, 4) is 16.9 Å². The Morgan fingerprint density at radius 2 is 1.62 bits per heavy atom. The third kappa shape index (κ3) is 5.01. The first-order valence-corrected chi connectivity index (χ1v) is 14.6. The average Bonchev–Trinajstić information content (AvgIpc) is 3.36. The smallest absolute Gasteiger partial charge is 0.407 e. The maximum atomic E-state index is 4.22. The third-order valence-electron chi connectivity index (χ3n) is 8.76. The molecule has 0 radical (unpaired) electrons. The van der Waals surface area contributed by atoms with E-state index in [2.05, 4.69) is 117 Å². The number of imidazole rings is 1. The van der Waals surface area contributed by atoms with Crippen molar-refractivity contribution in [2.75, 3.05) is 11.9 Å². The van der Waals surface area contributed by atoms with Gasteiger partial charge < -0.3 is 19.0 Å². The molecule has 0 spiro atoms. The summed E-state index contributed by atoms with van der Waals surface area (Å²) in [4.78, 5) is 6.62. The van der Waals surface area contributed by atoms with Gasteiger partial charge >= 0.3 is 20.1 Å². The normalized spacial score (nSPS) is 16.0. The van der Waals surface area contributed by atoms with E-state index in [0.29, 0.717) is 0 Å². The van der Waals surface area contributed by atoms with Gasteiger partial charge in [0.15, 0.2) is 0 Å². The minimum absolute atomic E-state index is 0. The van der Waals surface area contributed by atoms with E-state index in [1.807, 2.05) is 42.5 Å². The average molecular weight is 733 g/mol. The van der Waals surface area contributed by atoms with Crippen molar-refractivity contribution < 1.29 is 24.7 Å². The second-order valence-electron chi connectivity index (χ2n) is 13.7. The predicted molar refractivity (Wildman–Crippen MR) is 168 cm³/mol. The second-order valence-corrected chi connectivity index (χ2v) is 13.7. The zero-order valence-corrected chi connectivity index (χ0v) is 28.4. The number of rotatable bonds is 1. The molecular formula is C37H40IrN4+. The first kappa shape index (κ1) is 30.2. The molecule has 0 N–H and O–H groups in total. The molecule has 0 bridgehead atoms. The van der Waals surface area contributed by atoms with Crippen LogP contribution in [0.5, 0.6) is 0 Å². The topological polar surface area (TPSA) is 24.9 Å². The largest absolute Gasteiger partial charge is 3.00 e. The van der Waals surface area contributed by atoms with Crippen LogP contribution in [0.2, 0.25) is 0 Å². The van der Waals surface area contributed by atoms with Crippen molar-refractivity contribution in [1.29, 1.82) is 0 Å². The van der Waals surface area contributed by atoms with Crippen LogP contribution in [0.25, 0.3) is 28.0 Å². The van der Waals surface area contributed by atoms with Crippen LogP contribution in [0.1, 0.15) is 72.4 Å². The summed E-state index contributed by atoms with van der Waals surface area (Å²) >= 11 is 0. The summed E-state index contributed by atoms with van der Waals surface area (Å²) in [5, 5.41) is 0. The van der Waals surface area contributed by atoms with E-state index in [9.17, 15) is 0 Å². The first-order valence-electron chi connectivity index (χ1n) is 14.6. The maximum absolute atomic E-state index is 4.22. The van der Waals surface area contributed by atoms with Crippen molar-refractivity contribution in [2.24, 2.45) is 0 Å². The number of fused-ring (bicyclic) bond motifs is 4. The molecule has 3 aromatic carbocycles. The van der Waals surface area contributed by atoms with E-state index in [0.717, 1.165) is 16.9 Å². The number of aromatic nitrogens is 3. The molecule has 2 aromatic heterocycles. The zero-order chi connectivity index (χ0) is 29.2. The number of benzene rings is 3. The third-order valence-corrected chi connectivity index (χ3v) is 8.76. The van der Waals surface area contributed by atoms with Crippen LogP contribution in [-0.4, -0.2) is 16.6 Å². The molecule has 0 atom stereocenters. The Labute approximate surface area is 264 Å². The standard InChI is InChI=1S/C26H32N3.C11H8N.Ir/c1-24(2,3)29-16-28-19-13-12-17-21(26(6,7)15-14-25(17,4)5)23(19)27(8)18-10-9-11-20(29)22(18)28;1-2-6-10(7-3-1)11-8-4-5-9-12-11;/h9-12H,14-15H2,1-8H3;1-6,8-9H;/q2*-1;+3. The predicted octanol–water partition coefficient (Wildman–Crippen LogP) is 8.25. The Hall–Kier alpha value is -3.27. The van der Waals surface area contributed by atoms with Gasteiger partial charge in [0.25, 0.3) is 0 Å². The Bertz CT molecular complexity index is 1690. The van der Waals surface area contributed by atoms with Gasteiger partial charge in [-0.15, -0.1) is 47.0 Å². The molecule has 5 heteroatoms. The zero-order valence-electron chi connectivity index (χ0n) is 26.0. The summed E-state index contributed by atoms with van der Waals surface area (Å²) in [5.74, 6) is 0. The van der Waals surface area contributed by atoms with Crippen LogP contribution in [0.15, 0.2) is 72.9 Å². The molecule has 3 heterocycles. The molecule has 1 aliphatic heterocycles. The van der Waals surface area contributed by atoms with E-state index in [4.69, 9.17) is 0 Å².